The normalized spacial score (nSPS) is 16.6. The van der Waals surface area contributed by atoms with Gasteiger partial charge in [0.1, 0.15) is 18.6 Å². The van der Waals surface area contributed by atoms with E-state index < -0.39 is 60.4 Å². The maximum Gasteiger partial charge on any atom is 0.325 e. The second kappa shape index (κ2) is 16.2. The highest BCUT2D eigenvalue weighted by Gasteiger charge is 2.52. The van der Waals surface area contributed by atoms with Crippen LogP contribution in [0.2, 0.25) is 0 Å². The largest absolute Gasteiger partial charge is 0.480 e. The molecular formula is C31H39N5O8. The summed E-state index contributed by atoms with van der Waals surface area (Å²) >= 11 is 0. The van der Waals surface area contributed by atoms with Gasteiger partial charge in [0.15, 0.2) is 12.2 Å². The Morgan fingerprint density at radius 2 is 1.41 bits per heavy atom. The molecule has 0 spiro atoms. The smallest absolute Gasteiger partial charge is 0.325 e. The molecule has 1 aliphatic heterocycles. The third-order valence-electron chi connectivity index (χ3n) is 6.85. The van der Waals surface area contributed by atoms with Crippen LogP contribution in [0, 0.1) is 5.92 Å². The van der Waals surface area contributed by atoms with Gasteiger partial charge in [-0.15, -0.1) is 0 Å². The number of carbonyl (C=O) groups is 6. The van der Waals surface area contributed by atoms with Crippen molar-refractivity contribution < 1.29 is 38.6 Å². The molecule has 5 N–H and O–H groups in total. The Kier molecular flexibility index (Phi) is 12.4. The van der Waals surface area contributed by atoms with Gasteiger partial charge in [0.2, 0.25) is 11.8 Å². The quantitative estimate of drug-likeness (QED) is 0.141. The first-order chi connectivity index (χ1) is 21.0. The number of aliphatic carboxylic acids is 1. The van der Waals surface area contributed by atoms with Crippen LogP contribution >= 0.6 is 0 Å². The molecule has 44 heavy (non-hydrogen) atoms. The Morgan fingerprint density at radius 1 is 0.818 bits per heavy atom. The maximum absolute atomic E-state index is 13.0. The molecule has 1 fully saturated rings. The minimum atomic E-state index is -1.42. The lowest BCUT2D eigenvalue weighted by atomic mass is 10.0. The van der Waals surface area contributed by atoms with Crippen LogP contribution in [0.15, 0.2) is 60.7 Å². The van der Waals surface area contributed by atoms with Crippen molar-refractivity contribution in [2.75, 3.05) is 13.1 Å². The Bertz CT molecular complexity index is 1320. The molecule has 0 aliphatic carbocycles. The standard InChI is InChI=1S/C31H39N5O8/c1-19(2)25(34-23(37)15-14-21-10-6-4-7-11-21)29(41)33-20(3)28(40)35-36(18-24(38)39)31(43)27-26(44-27)30(42)32-17-16-22-12-8-5-9-13-22/h4-13,19-20,25-27H,14-18H2,1-3H3,(H,32,42)(H,33,41)(H,34,37)(H,35,40)(H,38,39)/t20-,25-,26-,27-/m0/s1. The highest BCUT2D eigenvalue weighted by Crippen LogP contribution is 2.24. The lowest BCUT2D eigenvalue weighted by molar-refractivity contribution is -0.151. The van der Waals surface area contributed by atoms with Crippen LogP contribution < -0.4 is 21.4 Å². The SMILES string of the molecule is CC(C)[C@H](NC(=O)CCc1ccccc1)C(=O)N[C@@H](C)C(=O)NN(CC(=O)O)C(=O)[C@H]1O[C@@H]1C(=O)NCCc1ccccc1. The van der Waals surface area contributed by atoms with E-state index >= 15 is 0 Å². The van der Waals surface area contributed by atoms with E-state index in [4.69, 9.17) is 4.74 Å². The molecule has 1 saturated heterocycles. The molecule has 1 aliphatic rings. The lowest BCUT2D eigenvalue weighted by Gasteiger charge is -2.26. The number of ether oxygens (including phenoxy) is 1. The third kappa shape index (κ3) is 10.5. The average Bonchev–Trinajstić information content (AvgIpc) is 3.80. The monoisotopic (exact) mass is 609 g/mol. The van der Waals surface area contributed by atoms with Gasteiger partial charge in [0, 0.05) is 13.0 Å². The van der Waals surface area contributed by atoms with Crippen LogP contribution in [-0.4, -0.2) is 83.0 Å². The van der Waals surface area contributed by atoms with Gasteiger partial charge in [-0.1, -0.05) is 74.5 Å². The summed E-state index contributed by atoms with van der Waals surface area (Å²) in [6, 6.07) is 16.7. The van der Waals surface area contributed by atoms with Gasteiger partial charge >= 0.3 is 5.97 Å². The van der Waals surface area contributed by atoms with Crippen molar-refractivity contribution in [1.29, 1.82) is 0 Å². The van der Waals surface area contributed by atoms with E-state index in [1.54, 1.807) is 13.8 Å². The molecule has 236 valence electrons. The number of nitrogens with one attached hydrogen (secondary N) is 4. The summed E-state index contributed by atoms with van der Waals surface area (Å²) in [4.78, 5) is 75.1. The van der Waals surface area contributed by atoms with E-state index in [-0.39, 0.29) is 18.2 Å². The summed E-state index contributed by atoms with van der Waals surface area (Å²) in [5, 5.41) is 17.7. The van der Waals surface area contributed by atoms with Crippen molar-refractivity contribution in [3.05, 3.63) is 71.8 Å². The molecule has 0 radical (unpaired) electrons. The van der Waals surface area contributed by atoms with E-state index in [9.17, 15) is 33.9 Å². The van der Waals surface area contributed by atoms with Crippen molar-refractivity contribution >= 4 is 35.5 Å². The number of rotatable bonds is 15. The topological polar surface area (TPSA) is 187 Å². The molecule has 5 amide bonds. The number of carbonyl (C=O) groups excluding carboxylic acids is 5. The summed E-state index contributed by atoms with van der Waals surface area (Å²) < 4.78 is 5.20. The van der Waals surface area contributed by atoms with Crippen LogP contribution in [-0.2, 0) is 46.3 Å². The van der Waals surface area contributed by atoms with Gasteiger partial charge in [-0.05, 0) is 36.8 Å². The molecule has 3 rings (SSSR count). The van der Waals surface area contributed by atoms with Crippen molar-refractivity contribution in [3.63, 3.8) is 0 Å². The molecule has 4 atom stereocenters. The number of nitrogens with zero attached hydrogens (tertiary/aromatic N) is 1. The van der Waals surface area contributed by atoms with E-state index in [0.717, 1.165) is 11.1 Å². The van der Waals surface area contributed by atoms with Crippen molar-refractivity contribution in [3.8, 4) is 0 Å². The Labute approximate surface area is 255 Å². The molecule has 0 bridgehead atoms. The maximum atomic E-state index is 13.0. The number of hydrazine groups is 1. The van der Waals surface area contributed by atoms with E-state index in [0.29, 0.717) is 24.4 Å². The first-order valence-corrected chi connectivity index (χ1v) is 14.4. The second-order valence-electron chi connectivity index (χ2n) is 10.8. The summed E-state index contributed by atoms with van der Waals surface area (Å²) in [5.41, 5.74) is 4.19. The molecule has 2 aromatic rings. The Morgan fingerprint density at radius 3 is 1.98 bits per heavy atom. The summed E-state index contributed by atoms with van der Waals surface area (Å²) in [7, 11) is 0. The van der Waals surface area contributed by atoms with Gasteiger partial charge in [-0.25, -0.2) is 5.01 Å². The molecule has 2 aromatic carbocycles. The van der Waals surface area contributed by atoms with Crippen molar-refractivity contribution in [2.24, 2.45) is 5.92 Å². The number of hydrogen-bond donors (Lipinski definition) is 5. The predicted molar refractivity (Wildman–Crippen MR) is 158 cm³/mol. The van der Waals surface area contributed by atoms with Crippen molar-refractivity contribution in [2.45, 2.75) is 64.3 Å². The lowest BCUT2D eigenvalue weighted by Crippen LogP contribution is -2.58. The van der Waals surface area contributed by atoms with Crippen LogP contribution in [0.5, 0.6) is 0 Å². The molecule has 0 unspecified atom stereocenters. The number of amides is 5. The minimum Gasteiger partial charge on any atom is -0.480 e. The summed E-state index contributed by atoms with van der Waals surface area (Å²) in [5.74, 6) is -5.02. The molecule has 0 aromatic heterocycles. The number of epoxide rings is 1. The van der Waals surface area contributed by atoms with Gasteiger partial charge in [0.05, 0.1) is 0 Å². The van der Waals surface area contributed by atoms with E-state index in [1.807, 2.05) is 60.7 Å². The highest BCUT2D eigenvalue weighted by atomic mass is 16.6. The van der Waals surface area contributed by atoms with Gasteiger partial charge in [-0.3, -0.25) is 34.2 Å². The van der Waals surface area contributed by atoms with Crippen LogP contribution in [0.4, 0.5) is 0 Å². The van der Waals surface area contributed by atoms with Gasteiger partial charge < -0.3 is 25.8 Å². The summed E-state index contributed by atoms with van der Waals surface area (Å²) in [6.07, 6.45) is -1.17. The van der Waals surface area contributed by atoms with Crippen LogP contribution in [0.1, 0.15) is 38.3 Å². The van der Waals surface area contributed by atoms with Gasteiger partial charge in [0.25, 0.3) is 17.7 Å². The first-order valence-electron chi connectivity index (χ1n) is 14.4. The zero-order valence-electron chi connectivity index (χ0n) is 24.9. The predicted octanol–water partition coefficient (Wildman–Crippen LogP) is 0.335. The van der Waals surface area contributed by atoms with Crippen molar-refractivity contribution in [1.82, 2.24) is 26.4 Å². The zero-order chi connectivity index (χ0) is 32.2. The zero-order valence-corrected chi connectivity index (χ0v) is 24.9. The molecule has 0 saturated carbocycles. The number of carboxylic acids is 1. The van der Waals surface area contributed by atoms with E-state index in [1.165, 1.54) is 6.92 Å². The number of aryl methyl sites for hydroxylation is 1. The fourth-order valence-corrected chi connectivity index (χ4v) is 4.32. The van der Waals surface area contributed by atoms with Crippen LogP contribution in [0.3, 0.4) is 0 Å². The second-order valence-corrected chi connectivity index (χ2v) is 10.8. The average molecular weight is 610 g/mol. The third-order valence-corrected chi connectivity index (χ3v) is 6.85. The molecule has 13 nitrogen and oxygen atoms in total. The summed E-state index contributed by atoms with van der Waals surface area (Å²) in [6.45, 7) is 4.23. The molecular weight excluding hydrogens is 570 g/mol. The number of carboxylic acid groups (broad SMARTS) is 1. The molecule has 13 heteroatoms. The Balaban J connectivity index is 1.50. The van der Waals surface area contributed by atoms with Gasteiger partial charge in [-0.2, -0.15) is 0 Å². The van der Waals surface area contributed by atoms with E-state index in [2.05, 4.69) is 21.4 Å². The number of hydrogen-bond acceptors (Lipinski definition) is 7. The number of benzene rings is 2. The first kappa shape index (κ1) is 33.7. The highest BCUT2D eigenvalue weighted by molar-refractivity contribution is 5.97. The fraction of sp³-hybridized carbons (Fsp3) is 0.419. The van der Waals surface area contributed by atoms with Crippen LogP contribution in [0.25, 0.3) is 0 Å². The minimum absolute atomic E-state index is 0.165. The molecule has 1 heterocycles. The Hall–Kier alpha value is -4.78. The fourth-order valence-electron chi connectivity index (χ4n) is 4.32.